The number of hydrogen-bond acceptors (Lipinski definition) is 2. The summed E-state index contributed by atoms with van der Waals surface area (Å²) in [5.41, 5.74) is 1.65. The van der Waals surface area contributed by atoms with E-state index in [2.05, 4.69) is 25.8 Å². The second-order valence-electron chi connectivity index (χ2n) is 4.55. The van der Waals surface area contributed by atoms with Crippen molar-refractivity contribution in [3.63, 3.8) is 0 Å². The van der Waals surface area contributed by atoms with Crippen molar-refractivity contribution in [2.24, 2.45) is 4.99 Å². The van der Waals surface area contributed by atoms with E-state index in [1.807, 2.05) is 19.1 Å². The van der Waals surface area contributed by atoms with Gasteiger partial charge in [0.25, 0.3) is 0 Å². The minimum atomic E-state index is -0.168. The van der Waals surface area contributed by atoms with Crippen LogP contribution in [0.2, 0.25) is 0 Å². The Labute approximate surface area is 146 Å². The Kier molecular flexibility index (Phi) is 8.49. The Morgan fingerprint density at radius 2 is 2.09 bits per heavy atom. The van der Waals surface area contributed by atoms with Gasteiger partial charge in [-0.05, 0) is 31.0 Å². The molecule has 0 spiro atoms. The number of rotatable bonds is 6. The third-order valence-corrected chi connectivity index (χ3v) is 2.95. The molecular weight excluding hydrogens is 396 g/mol. The van der Waals surface area contributed by atoms with Crippen LogP contribution in [0, 0.1) is 5.82 Å². The summed E-state index contributed by atoms with van der Waals surface area (Å²) < 4.78 is 13.5. The van der Waals surface area contributed by atoms with Crippen LogP contribution in [0.4, 0.5) is 4.39 Å². The van der Waals surface area contributed by atoms with Crippen LogP contribution in [-0.2, 0) is 13.0 Å². The fourth-order valence-corrected chi connectivity index (χ4v) is 1.90. The minimum absolute atomic E-state index is 0. The average molecular weight is 417 g/mol. The van der Waals surface area contributed by atoms with Crippen LogP contribution in [0.15, 0.2) is 41.5 Å². The van der Waals surface area contributed by atoms with Crippen LogP contribution in [-0.4, -0.2) is 29.2 Å². The molecular formula is C15H21FIN5. The Hall–Kier alpha value is -1.64. The fraction of sp³-hybridized carbons (Fsp3) is 0.333. The topological polar surface area (TPSA) is 65.1 Å². The molecule has 0 aliphatic carbocycles. The molecule has 0 atom stereocenters. The maximum atomic E-state index is 13.5. The van der Waals surface area contributed by atoms with Crippen LogP contribution in [0.5, 0.6) is 0 Å². The number of guanidine groups is 1. The largest absolute Gasteiger partial charge is 0.357 e. The molecule has 0 saturated heterocycles. The van der Waals surface area contributed by atoms with Gasteiger partial charge in [-0.25, -0.2) is 9.38 Å². The second-order valence-corrected chi connectivity index (χ2v) is 4.55. The molecule has 0 radical (unpaired) electrons. The first-order valence-corrected chi connectivity index (χ1v) is 7.03. The molecule has 1 aromatic carbocycles. The Morgan fingerprint density at radius 3 is 2.77 bits per heavy atom. The van der Waals surface area contributed by atoms with Crippen molar-refractivity contribution in [2.45, 2.75) is 19.9 Å². The van der Waals surface area contributed by atoms with Gasteiger partial charge in [0, 0.05) is 19.3 Å². The lowest BCUT2D eigenvalue weighted by atomic mass is 10.1. The number of benzene rings is 1. The summed E-state index contributed by atoms with van der Waals surface area (Å²) in [6.45, 7) is 3.92. The van der Waals surface area contributed by atoms with E-state index in [4.69, 9.17) is 0 Å². The maximum absolute atomic E-state index is 13.5. The lowest BCUT2D eigenvalue weighted by molar-refractivity contribution is 0.606. The van der Waals surface area contributed by atoms with E-state index in [1.54, 1.807) is 18.3 Å². The molecule has 5 nitrogen and oxygen atoms in total. The van der Waals surface area contributed by atoms with Crippen molar-refractivity contribution < 1.29 is 4.39 Å². The van der Waals surface area contributed by atoms with Crippen LogP contribution in [0.3, 0.4) is 0 Å². The zero-order valence-electron chi connectivity index (χ0n) is 12.5. The molecule has 3 N–H and O–H groups in total. The molecule has 1 aromatic heterocycles. The van der Waals surface area contributed by atoms with Gasteiger partial charge in [0.2, 0.25) is 0 Å². The summed E-state index contributed by atoms with van der Waals surface area (Å²) in [6, 6.07) is 8.70. The zero-order valence-corrected chi connectivity index (χ0v) is 14.8. The maximum Gasteiger partial charge on any atom is 0.191 e. The van der Waals surface area contributed by atoms with Crippen LogP contribution in [0.1, 0.15) is 18.2 Å². The molecule has 2 rings (SSSR count). The van der Waals surface area contributed by atoms with E-state index in [0.717, 1.165) is 12.2 Å². The van der Waals surface area contributed by atoms with Gasteiger partial charge < -0.3 is 10.6 Å². The van der Waals surface area contributed by atoms with Gasteiger partial charge in [-0.1, -0.05) is 18.2 Å². The number of aromatic amines is 1. The lowest BCUT2D eigenvalue weighted by Gasteiger charge is -2.11. The normalized spacial score (nSPS) is 10.9. The zero-order chi connectivity index (χ0) is 14.9. The quantitative estimate of drug-likeness (QED) is 0.385. The van der Waals surface area contributed by atoms with Gasteiger partial charge in [0.1, 0.15) is 5.82 Å². The Morgan fingerprint density at radius 1 is 1.27 bits per heavy atom. The second kappa shape index (κ2) is 10.1. The van der Waals surface area contributed by atoms with Gasteiger partial charge in [-0.3, -0.25) is 5.10 Å². The molecule has 120 valence electrons. The van der Waals surface area contributed by atoms with E-state index in [9.17, 15) is 4.39 Å². The van der Waals surface area contributed by atoms with Crippen molar-refractivity contribution in [3.8, 4) is 0 Å². The number of aromatic nitrogens is 2. The van der Waals surface area contributed by atoms with E-state index in [1.165, 1.54) is 6.07 Å². The third kappa shape index (κ3) is 6.00. The first-order chi connectivity index (χ1) is 10.3. The number of H-pyrrole nitrogens is 1. The van der Waals surface area contributed by atoms with Crippen molar-refractivity contribution in [2.75, 3.05) is 13.1 Å². The van der Waals surface area contributed by atoms with Crippen molar-refractivity contribution >= 4 is 29.9 Å². The van der Waals surface area contributed by atoms with Gasteiger partial charge in [0.15, 0.2) is 5.96 Å². The number of hydrogen-bond donors (Lipinski definition) is 3. The SMILES string of the molecule is CCNC(=NCc1ccn[nH]1)NCCc1ccccc1F.I. The summed E-state index contributed by atoms with van der Waals surface area (Å²) in [5.74, 6) is 0.544. The van der Waals surface area contributed by atoms with E-state index >= 15 is 0 Å². The van der Waals surface area contributed by atoms with Crippen molar-refractivity contribution in [3.05, 3.63) is 53.6 Å². The van der Waals surface area contributed by atoms with E-state index in [-0.39, 0.29) is 29.8 Å². The molecule has 0 unspecified atom stereocenters. The van der Waals surface area contributed by atoms with Gasteiger partial charge in [-0.2, -0.15) is 5.10 Å². The highest BCUT2D eigenvalue weighted by molar-refractivity contribution is 14.0. The minimum Gasteiger partial charge on any atom is -0.357 e. The molecule has 7 heteroatoms. The number of nitrogens with one attached hydrogen (secondary N) is 3. The molecule has 2 aromatic rings. The Bertz CT molecular complexity index is 571. The standard InChI is InChI=1S/C15H20FN5.HI/c1-2-17-15(19-11-13-8-10-20-21-13)18-9-7-12-5-3-4-6-14(12)16;/h3-6,8,10H,2,7,9,11H2,1H3,(H,20,21)(H2,17,18,19);1H. The predicted molar refractivity (Wildman–Crippen MR) is 96.9 cm³/mol. The average Bonchev–Trinajstić information content (AvgIpc) is 3.00. The van der Waals surface area contributed by atoms with E-state index < -0.39 is 0 Å². The third-order valence-electron chi connectivity index (χ3n) is 2.95. The first kappa shape index (κ1) is 18.4. The number of halogens is 2. The van der Waals surface area contributed by atoms with Crippen LogP contribution < -0.4 is 10.6 Å². The first-order valence-electron chi connectivity index (χ1n) is 7.03. The van der Waals surface area contributed by atoms with Crippen molar-refractivity contribution in [1.82, 2.24) is 20.8 Å². The van der Waals surface area contributed by atoms with Gasteiger partial charge in [-0.15, -0.1) is 24.0 Å². The summed E-state index contributed by atoms with van der Waals surface area (Å²) >= 11 is 0. The molecule has 0 aliphatic rings. The van der Waals surface area contributed by atoms with E-state index in [0.29, 0.717) is 31.0 Å². The van der Waals surface area contributed by atoms with Gasteiger partial charge >= 0.3 is 0 Å². The van der Waals surface area contributed by atoms with Crippen LogP contribution in [0.25, 0.3) is 0 Å². The molecule has 0 aliphatic heterocycles. The summed E-state index contributed by atoms with van der Waals surface area (Å²) in [4.78, 5) is 4.44. The monoisotopic (exact) mass is 417 g/mol. The number of nitrogens with zero attached hydrogens (tertiary/aromatic N) is 2. The highest BCUT2D eigenvalue weighted by Crippen LogP contribution is 2.06. The highest BCUT2D eigenvalue weighted by atomic mass is 127. The molecule has 0 saturated carbocycles. The molecule has 0 fully saturated rings. The Balaban J connectivity index is 0.00000242. The highest BCUT2D eigenvalue weighted by Gasteiger charge is 2.02. The van der Waals surface area contributed by atoms with Gasteiger partial charge in [0.05, 0.1) is 12.2 Å². The summed E-state index contributed by atoms with van der Waals surface area (Å²) in [7, 11) is 0. The van der Waals surface area contributed by atoms with Crippen molar-refractivity contribution in [1.29, 1.82) is 0 Å². The van der Waals surface area contributed by atoms with Crippen LogP contribution >= 0.6 is 24.0 Å². The predicted octanol–water partition coefficient (Wildman–Crippen LogP) is 2.46. The lowest BCUT2D eigenvalue weighted by Crippen LogP contribution is -2.38. The smallest absolute Gasteiger partial charge is 0.191 e. The molecule has 0 bridgehead atoms. The molecule has 1 heterocycles. The molecule has 22 heavy (non-hydrogen) atoms. The molecule has 0 amide bonds. The fourth-order valence-electron chi connectivity index (χ4n) is 1.90. The summed E-state index contributed by atoms with van der Waals surface area (Å²) in [6.07, 6.45) is 2.31. The number of aliphatic imine (C=N–C) groups is 1. The summed E-state index contributed by atoms with van der Waals surface area (Å²) in [5, 5.41) is 13.1.